The van der Waals surface area contributed by atoms with Crippen molar-refractivity contribution < 1.29 is 9.59 Å². The van der Waals surface area contributed by atoms with Gasteiger partial charge in [-0.25, -0.2) is 0 Å². The van der Waals surface area contributed by atoms with Gasteiger partial charge in [-0.2, -0.15) is 0 Å². The number of nitrogens with one attached hydrogen (secondary N) is 1. The highest BCUT2D eigenvalue weighted by molar-refractivity contribution is 5.81. The van der Waals surface area contributed by atoms with Crippen molar-refractivity contribution >= 4 is 11.7 Å². The Morgan fingerprint density at radius 1 is 1.15 bits per heavy atom. The fourth-order valence-electron chi connectivity index (χ4n) is 2.67. The topological polar surface area (TPSA) is 46.2 Å². The molecule has 0 unspecified atom stereocenters. The Bertz CT molecular complexity index is 378. The molecule has 0 rings (SSSR count). The zero-order valence-corrected chi connectivity index (χ0v) is 14.2. The van der Waals surface area contributed by atoms with Gasteiger partial charge < -0.3 is 5.32 Å². The molecule has 0 aromatic heterocycles. The highest BCUT2D eigenvalue weighted by atomic mass is 16.1. The maximum Gasteiger partial charge on any atom is 0.224 e. The minimum Gasteiger partial charge on any atom is -0.351 e. The van der Waals surface area contributed by atoms with Crippen LogP contribution in [0.25, 0.3) is 0 Å². The monoisotopic (exact) mass is 281 g/mol. The SMILES string of the molecule is C=C(C)CC(=O)NC(C)(C)CC(C)(C)CC(=O)C(C)C. The maximum absolute atomic E-state index is 11.9. The van der Waals surface area contributed by atoms with Gasteiger partial charge in [-0.15, -0.1) is 0 Å². The van der Waals surface area contributed by atoms with Gasteiger partial charge >= 0.3 is 0 Å². The van der Waals surface area contributed by atoms with Crippen molar-refractivity contribution in [3.05, 3.63) is 12.2 Å². The van der Waals surface area contributed by atoms with Crippen LogP contribution in [0.5, 0.6) is 0 Å². The van der Waals surface area contributed by atoms with Gasteiger partial charge in [-0.3, -0.25) is 9.59 Å². The molecule has 1 N–H and O–H groups in total. The molecule has 0 atom stereocenters. The first-order valence-corrected chi connectivity index (χ1v) is 7.33. The fourth-order valence-corrected chi connectivity index (χ4v) is 2.67. The quantitative estimate of drug-likeness (QED) is 0.686. The smallest absolute Gasteiger partial charge is 0.224 e. The standard InChI is InChI=1S/C17H31NO2/c1-12(2)9-15(20)18-17(7,8)11-16(5,6)10-14(19)13(3)4/h13H,1,9-11H2,2-8H3,(H,18,20). The number of hydrogen-bond acceptors (Lipinski definition) is 2. The van der Waals surface area contributed by atoms with Crippen LogP contribution in [0.1, 0.15) is 67.7 Å². The van der Waals surface area contributed by atoms with Crippen molar-refractivity contribution in [3.8, 4) is 0 Å². The van der Waals surface area contributed by atoms with Crippen molar-refractivity contribution in [2.45, 2.75) is 73.3 Å². The van der Waals surface area contributed by atoms with Gasteiger partial charge in [-0.05, 0) is 32.6 Å². The molecule has 0 saturated carbocycles. The summed E-state index contributed by atoms with van der Waals surface area (Å²) in [6, 6.07) is 0. The second-order valence-electron chi connectivity index (χ2n) is 7.70. The lowest BCUT2D eigenvalue weighted by molar-refractivity contribution is -0.124. The van der Waals surface area contributed by atoms with E-state index >= 15 is 0 Å². The second-order valence-corrected chi connectivity index (χ2v) is 7.70. The summed E-state index contributed by atoms with van der Waals surface area (Å²) >= 11 is 0. The van der Waals surface area contributed by atoms with Crippen LogP contribution < -0.4 is 5.32 Å². The highest BCUT2D eigenvalue weighted by Gasteiger charge is 2.32. The molecule has 0 radical (unpaired) electrons. The van der Waals surface area contributed by atoms with Gasteiger partial charge in [0.25, 0.3) is 0 Å². The largest absolute Gasteiger partial charge is 0.351 e. The lowest BCUT2D eigenvalue weighted by Gasteiger charge is -2.35. The van der Waals surface area contributed by atoms with E-state index < -0.39 is 0 Å². The molecule has 0 aliphatic rings. The van der Waals surface area contributed by atoms with E-state index in [1.807, 2.05) is 34.6 Å². The van der Waals surface area contributed by atoms with Crippen molar-refractivity contribution in [2.24, 2.45) is 11.3 Å². The normalized spacial score (nSPS) is 12.4. The molecule has 0 heterocycles. The molecule has 0 fully saturated rings. The molecule has 20 heavy (non-hydrogen) atoms. The van der Waals surface area contributed by atoms with Crippen LogP contribution in [0.15, 0.2) is 12.2 Å². The van der Waals surface area contributed by atoms with Crippen molar-refractivity contribution in [2.75, 3.05) is 0 Å². The van der Waals surface area contributed by atoms with Crippen molar-refractivity contribution in [3.63, 3.8) is 0 Å². The number of carbonyl (C=O) groups is 2. The van der Waals surface area contributed by atoms with Crippen LogP contribution in [0.2, 0.25) is 0 Å². The maximum atomic E-state index is 11.9. The first-order valence-electron chi connectivity index (χ1n) is 7.33. The number of ketones is 1. The Morgan fingerprint density at radius 2 is 1.65 bits per heavy atom. The van der Waals surface area contributed by atoms with E-state index in [1.165, 1.54) is 0 Å². The molecule has 0 aromatic carbocycles. The van der Waals surface area contributed by atoms with Crippen LogP contribution in [0, 0.1) is 11.3 Å². The van der Waals surface area contributed by atoms with Gasteiger partial charge in [-0.1, -0.05) is 39.8 Å². The Hall–Kier alpha value is -1.12. The van der Waals surface area contributed by atoms with Crippen molar-refractivity contribution in [1.29, 1.82) is 0 Å². The number of hydrogen-bond donors (Lipinski definition) is 1. The van der Waals surface area contributed by atoms with E-state index in [4.69, 9.17) is 0 Å². The third-order valence-electron chi connectivity index (χ3n) is 3.16. The van der Waals surface area contributed by atoms with Crippen LogP contribution in [-0.2, 0) is 9.59 Å². The molecule has 0 aliphatic heterocycles. The Morgan fingerprint density at radius 3 is 2.05 bits per heavy atom. The average Bonchev–Trinajstić information content (AvgIpc) is 2.10. The Kier molecular flexibility index (Phi) is 6.66. The molecular weight excluding hydrogens is 250 g/mol. The van der Waals surface area contributed by atoms with Crippen molar-refractivity contribution in [1.82, 2.24) is 5.32 Å². The van der Waals surface area contributed by atoms with E-state index in [2.05, 4.69) is 25.7 Å². The first kappa shape index (κ1) is 18.9. The minimum absolute atomic E-state index is 0.00603. The summed E-state index contributed by atoms with van der Waals surface area (Å²) in [6.45, 7) is 17.6. The number of amides is 1. The fraction of sp³-hybridized carbons (Fsp3) is 0.765. The minimum atomic E-state index is -0.326. The highest BCUT2D eigenvalue weighted by Crippen LogP contribution is 2.32. The summed E-state index contributed by atoms with van der Waals surface area (Å²) in [5.74, 6) is 0.336. The van der Waals surface area contributed by atoms with Crippen LogP contribution in [-0.4, -0.2) is 17.2 Å². The number of rotatable bonds is 8. The Labute approximate surface area is 124 Å². The first-order chi connectivity index (χ1) is 8.84. The molecule has 0 aliphatic carbocycles. The second kappa shape index (κ2) is 7.05. The molecule has 0 aromatic rings. The zero-order chi connectivity index (χ0) is 16.1. The molecule has 0 saturated heterocycles. The van der Waals surface area contributed by atoms with E-state index in [1.54, 1.807) is 0 Å². The van der Waals surface area contributed by atoms with Gasteiger partial charge in [0, 0.05) is 24.3 Å². The number of Topliss-reactive ketones (excluding diaryl/α,β-unsaturated/α-hetero) is 1. The predicted octanol–water partition coefficient (Wildman–Crippen LogP) is 3.88. The van der Waals surface area contributed by atoms with Crippen LogP contribution in [0.4, 0.5) is 0 Å². The molecule has 116 valence electrons. The molecule has 3 nitrogen and oxygen atoms in total. The van der Waals surface area contributed by atoms with Gasteiger partial charge in [0.05, 0.1) is 0 Å². The lowest BCUT2D eigenvalue weighted by atomic mass is 9.75. The molecule has 1 amide bonds. The number of carbonyl (C=O) groups excluding carboxylic acids is 2. The van der Waals surface area contributed by atoms with Gasteiger partial charge in [0.1, 0.15) is 5.78 Å². The van der Waals surface area contributed by atoms with E-state index in [9.17, 15) is 9.59 Å². The average molecular weight is 281 g/mol. The van der Waals surface area contributed by atoms with E-state index in [0.29, 0.717) is 12.8 Å². The van der Waals surface area contributed by atoms with Crippen LogP contribution >= 0.6 is 0 Å². The van der Waals surface area contributed by atoms with Crippen LogP contribution in [0.3, 0.4) is 0 Å². The zero-order valence-electron chi connectivity index (χ0n) is 14.2. The summed E-state index contributed by atoms with van der Waals surface area (Å²) < 4.78 is 0. The van der Waals surface area contributed by atoms with Gasteiger partial charge in [0.2, 0.25) is 5.91 Å². The lowest BCUT2D eigenvalue weighted by Crippen LogP contribution is -2.46. The summed E-state index contributed by atoms with van der Waals surface area (Å²) in [6.07, 6.45) is 1.67. The molecule has 0 bridgehead atoms. The predicted molar refractivity (Wildman–Crippen MR) is 84.5 cm³/mol. The summed E-state index contributed by atoms with van der Waals surface area (Å²) in [4.78, 5) is 23.8. The Balaban J connectivity index is 4.60. The molecule has 0 spiro atoms. The van der Waals surface area contributed by atoms with E-state index in [-0.39, 0.29) is 28.6 Å². The molecule has 3 heteroatoms. The third-order valence-corrected chi connectivity index (χ3v) is 3.16. The third kappa shape index (κ3) is 8.13. The van der Waals surface area contributed by atoms with Gasteiger partial charge in [0.15, 0.2) is 0 Å². The summed E-state index contributed by atoms with van der Waals surface area (Å²) in [5, 5.41) is 3.04. The van der Waals surface area contributed by atoms with E-state index in [0.717, 1.165) is 12.0 Å². The summed E-state index contributed by atoms with van der Waals surface area (Å²) in [7, 11) is 0. The summed E-state index contributed by atoms with van der Waals surface area (Å²) in [5.41, 5.74) is 0.404. The molecular formula is C17H31NO2.